The van der Waals surface area contributed by atoms with Crippen LogP contribution in [0.2, 0.25) is 0 Å². The van der Waals surface area contributed by atoms with Crippen LogP contribution in [0, 0.1) is 5.92 Å². The Morgan fingerprint density at radius 3 is 2.48 bits per heavy atom. The van der Waals surface area contributed by atoms with E-state index in [2.05, 4.69) is 47.9 Å². The van der Waals surface area contributed by atoms with Crippen LogP contribution >= 0.6 is 0 Å². The fourth-order valence-corrected chi connectivity index (χ4v) is 3.16. The summed E-state index contributed by atoms with van der Waals surface area (Å²) >= 11 is 0. The monoisotopic (exact) mass is 371 g/mol. The molecule has 146 valence electrons. The van der Waals surface area contributed by atoms with Crippen molar-refractivity contribution in [3.8, 4) is 11.3 Å². The van der Waals surface area contributed by atoms with E-state index >= 15 is 0 Å². The van der Waals surface area contributed by atoms with Crippen molar-refractivity contribution >= 4 is 22.5 Å². The number of nitrogens with one attached hydrogen (secondary N) is 1. The summed E-state index contributed by atoms with van der Waals surface area (Å²) in [5.74, 6) is 1.51. The van der Waals surface area contributed by atoms with Crippen molar-refractivity contribution in [3.63, 3.8) is 0 Å². The average Bonchev–Trinajstić information content (AvgIpc) is 3.17. The second-order valence-electron chi connectivity index (χ2n) is 7.81. The number of hydrogen-bond acceptors (Lipinski definition) is 5. The molecule has 0 radical (unpaired) electrons. The molecular weight excluding hydrogens is 342 g/mol. The van der Waals surface area contributed by atoms with Gasteiger partial charge in [0.2, 0.25) is 0 Å². The van der Waals surface area contributed by atoms with Crippen LogP contribution in [0.5, 0.6) is 0 Å². The summed E-state index contributed by atoms with van der Waals surface area (Å²) in [5, 5.41) is 12.1. The van der Waals surface area contributed by atoms with Gasteiger partial charge in [0.25, 0.3) is 5.56 Å². The number of aryl methyl sites for hydroxylation is 1. The van der Waals surface area contributed by atoms with Crippen LogP contribution in [0.1, 0.15) is 40.7 Å². The third kappa shape index (κ3) is 3.09. The minimum Gasteiger partial charge on any atom is -0.382 e. The van der Waals surface area contributed by atoms with Crippen molar-refractivity contribution in [1.29, 1.82) is 0 Å². The highest BCUT2D eigenvalue weighted by Crippen LogP contribution is 2.31. The standard InChI is InChI=1S/C19H29N7O/c1-10(2)12(5)26-9-13(17-16(19(26)27)18(20)22-21-17)14-8-15(25(7)23-14)24(6)11(3)4/h8-12H,1-7H3,(H3,20,21,22). The van der Waals surface area contributed by atoms with Gasteiger partial charge in [0, 0.05) is 44.0 Å². The fourth-order valence-electron chi connectivity index (χ4n) is 3.16. The van der Waals surface area contributed by atoms with Gasteiger partial charge in [-0.1, -0.05) is 13.8 Å². The van der Waals surface area contributed by atoms with E-state index in [-0.39, 0.29) is 17.4 Å². The van der Waals surface area contributed by atoms with E-state index in [4.69, 9.17) is 5.73 Å². The molecule has 3 heterocycles. The molecule has 0 aromatic carbocycles. The molecule has 0 bridgehead atoms. The van der Waals surface area contributed by atoms with Crippen molar-refractivity contribution in [2.24, 2.45) is 13.0 Å². The Morgan fingerprint density at radius 1 is 1.22 bits per heavy atom. The maximum absolute atomic E-state index is 13.0. The SMILES string of the molecule is CC(C)C(C)n1cc(-c2cc(N(C)C(C)C)n(C)n2)c2[nH]nc(N)c2c1=O. The zero-order valence-electron chi connectivity index (χ0n) is 17.1. The maximum Gasteiger partial charge on any atom is 0.264 e. The van der Waals surface area contributed by atoms with Gasteiger partial charge in [-0.3, -0.25) is 14.6 Å². The number of H-pyrrole nitrogens is 1. The van der Waals surface area contributed by atoms with E-state index in [1.54, 1.807) is 4.57 Å². The van der Waals surface area contributed by atoms with Crippen molar-refractivity contribution in [1.82, 2.24) is 24.5 Å². The summed E-state index contributed by atoms with van der Waals surface area (Å²) < 4.78 is 3.59. The van der Waals surface area contributed by atoms with Crippen molar-refractivity contribution in [2.75, 3.05) is 17.7 Å². The van der Waals surface area contributed by atoms with Gasteiger partial charge in [0.15, 0.2) is 5.82 Å². The molecule has 1 unspecified atom stereocenters. The Hall–Kier alpha value is -2.77. The summed E-state index contributed by atoms with van der Waals surface area (Å²) in [6.45, 7) is 10.5. The summed E-state index contributed by atoms with van der Waals surface area (Å²) in [6, 6.07) is 2.39. The highest BCUT2D eigenvalue weighted by Gasteiger charge is 2.22. The van der Waals surface area contributed by atoms with Gasteiger partial charge in [0.05, 0.1) is 11.2 Å². The predicted octanol–water partition coefficient (Wildman–Crippen LogP) is 2.77. The maximum atomic E-state index is 13.0. The number of hydrogen-bond donors (Lipinski definition) is 2. The Balaban J connectivity index is 2.28. The van der Waals surface area contributed by atoms with Crippen molar-refractivity contribution in [3.05, 3.63) is 22.6 Å². The van der Waals surface area contributed by atoms with E-state index in [0.717, 1.165) is 17.1 Å². The molecule has 0 saturated carbocycles. The van der Waals surface area contributed by atoms with Crippen molar-refractivity contribution in [2.45, 2.75) is 46.7 Å². The van der Waals surface area contributed by atoms with E-state index in [1.807, 2.05) is 38.0 Å². The van der Waals surface area contributed by atoms with E-state index in [0.29, 0.717) is 22.9 Å². The molecule has 0 amide bonds. The van der Waals surface area contributed by atoms with Gasteiger partial charge in [-0.2, -0.15) is 10.2 Å². The van der Waals surface area contributed by atoms with Gasteiger partial charge in [0.1, 0.15) is 11.2 Å². The predicted molar refractivity (Wildman–Crippen MR) is 110 cm³/mol. The van der Waals surface area contributed by atoms with Gasteiger partial charge in [-0.05, 0) is 26.7 Å². The largest absolute Gasteiger partial charge is 0.382 e. The first-order chi connectivity index (χ1) is 12.6. The number of anilines is 2. The van der Waals surface area contributed by atoms with E-state index in [9.17, 15) is 4.79 Å². The molecular formula is C19H29N7O. The third-order valence-electron chi connectivity index (χ3n) is 5.45. The molecule has 0 aliphatic carbocycles. The lowest BCUT2D eigenvalue weighted by Gasteiger charge is -2.22. The zero-order chi connectivity index (χ0) is 20.0. The lowest BCUT2D eigenvalue weighted by Crippen LogP contribution is -2.27. The summed E-state index contributed by atoms with van der Waals surface area (Å²) in [4.78, 5) is 15.2. The number of nitrogens with zero attached hydrogens (tertiary/aromatic N) is 5. The third-order valence-corrected chi connectivity index (χ3v) is 5.45. The molecule has 3 aromatic heterocycles. The number of rotatable bonds is 5. The van der Waals surface area contributed by atoms with E-state index in [1.165, 1.54) is 0 Å². The first kappa shape index (κ1) is 19.0. The molecule has 3 N–H and O–H groups in total. The number of aromatic nitrogens is 5. The molecule has 0 fully saturated rings. The van der Waals surface area contributed by atoms with Crippen LogP contribution in [-0.2, 0) is 7.05 Å². The molecule has 8 nitrogen and oxygen atoms in total. The van der Waals surface area contributed by atoms with Gasteiger partial charge in [-0.15, -0.1) is 0 Å². The number of pyridine rings is 1. The Bertz CT molecular complexity index is 1020. The van der Waals surface area contributed by atoms with Crippen LogP contribution < -0.4 is 16.2 Å². The summed E-state index contributed by atoms with van der Waals surface area (Å²) in [6.07, 6.45) is 1.87. The second-order valence-corrected chi connectivity index (χ2v) is 7.81. The highest BCUT2D eigenvalue weighted by atomic mass is 16.1. The zero-order valence-corrected chi connectivity index (χ0v) is 17.1. The van der Waals surface area contributed by atoms with Gasteiger partial charge in [-0.25, -0.2) is 0 Å². The summed E-state index contributed by atoms with van der Waals surface area (Å²) in [7, 11) is 3.96. The topological polar surface area (TPSA) is 97.8 Å². The molecule has 1 atom stereocenters. The van der Waals surface area contributed by atoms with Crippen LogP contribution in [0.3, 0.4) is 0 Å². The molecule has 3 rings (SSSR count). The molecule has 0 spiro atoms. The lowest BCUT2D eigenvalue weighted by molar-refractivity contribution is 0.400. The smallest absolute Gasteiger partial charge is 0.264 e. The van der Waals surface area contributed by atoms with Crippen LogP contribution in [0.15, 0.2) is 17.1 Å². The fraction of sp³-hybridized carbons (Fsp3) is 0.526. The molecule has 3 aromatic rings. The van der Waals surface area contributed by atoms with Gasteiger partial charge < -0.3 is 15.2 Å². The minimum absolute atomic E-state index is 0.0245. The number of nitrogen functional groups attached to an aromatic ring is 1. The quantitative estimate of drug-likeness (QED) is 0.719. The summed E-state index contributed by atoms with van der Waals surface area (Å²) in [5.41, 5.74) is 8.10. The van der Waals surface area contributed by atoms with Crippen LogP contribution in [-0.4, -0.2) is 37.6 Å². The van der Waals surface area contributed by atoms with Gasteiger partial charge >= 0.3 is 0 Å². The first-order valence-electron chi connectivity index (χ1n) is 9.29. The molecule has 0 saturated heterocycles. The molecule has 8 heteroatoms. The van der Waals surface area contributed by atoms with E-state index < -0.39 is 0 Å². The highest BCUT2D eigenvalue weighted by molar-refractivity contribution is 5.97. The normalized spacial score (nSPS) is 13.1. The first-order valence-corrected chi connectivity index (χ1v) is 9.29. The average molecular weight is 371 g/mol. The molecule has 0 aliphatic heterocycles. The molecule has 27 heavy (non-hydrogen) atoms. The minimum atomic E-state index is -0.128. The number of aromatic amines is 1. The lowest BCUT2D eigenvalue weighted by atomic mass is 10.0. The Morgan fingerprint density at radius 2 is 1.89 bits per heavy atom. The number of nitrogens with two attached hydrogens (primary N) is 1. The number of fused-ring (bicyclic) bond motifs is 1. The van der Waals surface area contributed by atoms with Crippen LogP contribution in [0.4, 0.5) is 11.6 Å². The molecule has 0 aliphatic rings. The van der Waals surface area contributed by atoms with Crippen molar-refractivity contribution < 1.29 is 0 Å². The van der Waals surface area contributed by atoms with Crippen LogP contribution in [0.25, 0.3) is 22.2 Å². The Kier molecular flexibility index (Phi) is 4.75. The Labute approximate surface area is 159 Å². The second kappa shape index (κ2) is 6.75.